The molecule has 0 unspecified atom stereocenters. The maximum atomic E-state index is 12.1. The van der Waals surface area contributed by atoms with Gasteiger partial charge in [-0.15, -0.1) is 0 Å². The van der Waals surface area contributed by atoms with E-state index in [4.69, 9.17) is 38.4 Å². The summed E-state index contributed by atoms with van der Waals surface area (Å²) in [5.41, 5.74) is 5.18. The van der Waals surface area contributed by atoms with E-state index in [9.17, 15) is 14.4 Å². The number of pyridine rings is 1. The summed E-state index contributed by atoms with van der Waals surface area (Å²) in [6, 6.07) is 7.23. The summed E-state index contributed by atoms with van der Waals surface area (Å²) in [7, 11) is 0. The molecule has 2 amide bonds. The van der Waals surface area contributed by atoms with Crippen molar-refractivity contribution in [1.82, 2.24) is 4.98 Å². The smallest absolute Gasteiger partial charge is 0.338 e. The molecule has 8 nitrogen and oxygen atoms in total. The number of nitrogens with zero attached hydrogens (tertiary/aromatic N) is 1. The van der Waals surface area contributed by atoms with Gasteiger partial charge in [0, 0.05) is 6.20 Å². The summed E-state index contributed by atoms with van der Waals surface area (Å²) in [5.74, 6) is -1.48. The normalized spacial score (nSPS) is 11.4. The van der Waals surface area contributed by atoms with E-state index in [1.165, 1.54) is 43.5 Å². The van der Waals surface area contributed by atoms with Crippen LogP contribution >= 0.6 is 23.2 Å². The molecular weight excluding hydrogens is 397 g/mol. The van der Waals surface area contributed by atoms with Crippen molar-refractivity contribution in [3.8, 4) is 5.75 Å². The summed E-state index contributed by atoms with van der Waals surface area (Å²) in [6.45, 7) is 1.13. The fraction of sp³-hybridized carbons (Fsp3) is 0.176. The van der Waals surface area contributed by atoms with Crippen molar-refractivity contribution < 1.29 is 23.9 Å². The van der Waals surface area contributed by atoms with Crippen molar-refractivity contribution in [2.75, 3.05) is 11.9 Å². The summed E-state index contributed by atoms with van der Waals surface area (Å²) < 4.78 is 10.2. The maximum absolute atomic E-state index is 12.1. The van der Waals surface area contributed by atoms with Gasteiger partial charge in [-0.3, -0.25) is 9.59 Å². The van der Waals surface area contributed by atoms with E-state index in [1.54, 1.807) is 0 Å². The molecule has 1 heterocycles. The quantitative estimate of drug-likeness (QED) is 0.674. The number of hydrogen-bond donors (Lipinski definition) is 2. The van der Waals surface area contributed by atoms with E-state index in [2.05, 4.69) is 10.3 Å². The molecule has 1 atom stereocenters. The Morgan fingerprint density at radius 2 is 1.89 bits per heavy atom. The van der Waals surface area contributed by atoms with Gasteiger partial charge in [-0.25, -0.2) is 9.78 Å². The third kappa shape index (κ3) is 6.12. The third-order valence-electron chi connectivity index (χ3n) is 3.17. The molecule has 0 spiro atoms. The van der Waals surface area contributed by atoms with Crippen LogP contribution in [0.4, 0.5) is 5.82 Å². The van der Waals surface area contributed by atoms with Crippen LogP contribution in [0.25, 0.3) is 0 Å². The lowest BCUT2D eigenvalue weighted by molar-refractivity contribution is -0.123. The minimum absolute atomic E-state index is 0.102. The summed E-state index contributed by atoms with van der Waals surface area (Å²) in [4.78, 5) is 38.8. The van der Waals surface area contributed by atoms with Crippen LogP contribution in [-0.4, -0.2) is 35.5 Å². The van der Waals surface area contributed by atoms with Crippen molar-refractivity contribution in [2.24, 2.45) is 5.73 Å². The van der Waals surface area contributed by atoms with E-state index < -0.39 is 23.9 Å². The van der Waals surface area contributed by atoms with Gasteiger partial charge in [-0.05, 0) is 37.3 Å². The number of anilines is 1. The number of rotatable bonds is 7. The Balaban J connectivity index is 1.93. The number of esters is 1. The molecule has 1 aromatic carbocycles. The number of primary amides is 1. The number of carbonyl (C=O) groups is 3. The second kappa shape index (κ2) is 9.20. The number of aromatic nitrogens is 1. The van der Waals surface area contributed by atoms with Gasteiger partial charge in [0.05, 0.1) is 15.6 Å². The molecule has 2 aromatic rings. The number of nitrogens with two attached hydrogens (primary N) is 1. The minimum Gasteiger partial charge on any atom is -0.484 e. The third-order valence-corrected chi connectivity index (χ3v) is 3.67. The second-order valence-electron chi connectivity index (χ2n) is 5.30. The Labute approximate surface area is 164 Å². The standard InChI is InChI=1S/C17H15Cl2N3O5/c1-9(16(24)22-15-13(19)6-11(18)7-21-15)27-17(25)10-2-4-12(5-3-10)26-8-14(20)23/h2-7,9H,8H2,1H3,(H2,20,23)(H,21,22,24)/t9-/m0/s1. The first kappa shape index (κ1) is 20.5. The van der Waals surface area contributed by atoms with E-state index in [1.807, 2.05) is 0 Å². The monoisotopic (exact) mass is 411 g/mol. The summed E-state index contributed by atoms with van der Waals surface area (Å²) in [6.07, 6.45) is 0.221. The number of benzene rings is 1. The van der Waals surface area contributed by atoms with Crippen LogP contribution in [0.3, 0.4) is 0 Å². The molecule has 0 radical (unpaired) electrons. The van der Waals surface area contributed by atoms with Crippen molar-refractivity contribution in [2.45, 2.75) is 13.0 Å². The lowest BCUT2D eigenvalue weighted by Crippen LogP contribution is -2.30. The fourth-order valence-electron chi connectivity index (χ4n) is 1.85. The molecule has 0 bridgehead atoms. The molecular formula is C17H15Cl2N3O5. The summed E-state index contributed by atoms with van der Waals surface area (Å²) >= 11 is 11.7. The number of amides is 2. The first-order chi connectivity index (χ1) is 12.8. The van der Waals surface area contributed by atoms with E-state index in [-0.39, 0.29) is 23.0 Å². The van der Waals surface area contributed by atoms with E-state index in [0.29, 0.717) is 10.8 Å². The average Bonchev–Trinajstić information content (AvgIpc) is 2.62. The zero-order valence-electron chi connectivity index (χ0n) is 14.1. The molecule has 0 saturated carbocycles. The molecule has 0 aliphatic heterocycles. The largest absolute Gasteiger partial charge is 0.484 e. The van der Waals surface area contributed by atoms with Gasteiger partial charge < -0.3 is 20.5 Å². The molecule has 1 aromatic heterocycles. The second-order valence-corrected chi connectivity index (χ2v) is 6.14. The van der Waals surface area contributed by atoms with Gasteiger partial charge in [-0.2, -0.15) is 0 Å². The Kier molecular flexibility index (Phi) is 6.98. The zero-order chi connectivity index (χ0) is 20.0. The van der Waals surface area contributed by atoms with Gasteiger partial charge in [0.25, 0.3) is 11.8 Å². The van der Waals surface area contributed by atoms with Crippen LogP contribution in [0.15, 0.2) is 36.5 Å². The summed E-state index contributed by atoms with van der Waals surface area (Å²) in [5, 5.41) is 2.92. The van der Waals surface area contributed by atoms with Crippen molar-refractivity contribution in [1.29, 1.82) is 0 Å². The molecule has 10 heteroatoms. The van der Waals surface area contributed by atoms with Crippen molar-refractivity contribution in [3.05, 3.63) is 52.1 Å². The van der Waals surface area contributed by atoms with Crippen LogP contribution in [0.2, 0.25) is 10.0 Å². The maximum Gasteiger partial charge on any atom is 0.338 e. The molecule has 0 saturated heterocycles. The van der Waals surface area contributed by atoms with E-state index >= 15 is 0 Å². The van der Waals surface area contributed by atoms with Crippen LogP contribution in [0.5, 0.6) is 5.75 Å². The number of nitrogens with one attached hydrogen (secondary N) is 1. The van der Waals surface area contributed by atoms with Gasteiger partial charge in [-0.1, -0.05) is 23.2 Å². The first-order valence-corrected chi connectivity index (χ1v) is 8.36. The molecule has 142 valence electrons. The van der Waals surface area contributed by atoms with Gasteiger partial charge in [0.2, 0.25) is 0 Å². The van der Waals surface area contributed by atoms with Crippen molar-refractivity contribution in [3.63, 3.8) is 0 Å². The molecule has 0 fully saturated rings. The Morgan fingerprint density at radius 1 is 1.22 bits per heavy atom. The Hall–Kier alpha value is -2.84. The predicted octanol–water partition coefficient (Wildman–Crippen LogP) is 2.44. The highest BCUT2D eigenvalue weighted by Gasteiger charge is 2.20. The molecule has 27 heavy (non-hydrogen) atoms. The highest BCUT2D eigenvalue weighted by atomic mass is 35.5. The highest BCUT2D eigenvalue weighted by molar-refractivity contribution is 6.36. The molecule has 2 rings (SSSR count). The lowest BCUT2D eigenvalue weighted by atomic mass is 10.2. The molecule has 0 aliphatic rings. The minimum atomic E-state index is -1.10. The number of halogens is 2. The Morgan fingerprint density at radius 3 is 2.48 bits per heavy atom. The number of carbonyl (C=O) groups excluding carboxylic acids is 3. The van der Waals surface area contributed by atoms with Gasteiger partial charge in [0.15, 0.2) is 18.5 Å². The SMILES string of the molecule is C[C@H](OC(=O)c1ccc(OCC(N)=O)cc1)C(=O)Nc1ncc(Cl)cc1Cl. The molecule has 0 aliphatic carbocycles. The topological polar surface area (TPSA) is 121 Å². The predicted molar refractivity (Wildman–Crippen MR) is 98.9 cm³/mol. The van der Waals surface area contributed by atoms with Crippen LogP contribution in [0.1, 0.15) is 17.3 Å². The first-order valence-electron chi connectivity index (χ1n) is 7.60. The average molecular weight is 412 g/mol. The fourth-order valence-corrected chi connectivity index (χ4v) is 2.28. The number of ether oxygens (including phenoxy) is 2. The van der Waals surface area contributed by atoms with Crippen molar-refractivity contribution >= 4 is 46.8 Å². The lowest BCUT2D eigenvalue weighted by Gasteiger charge is -2.14. The van der Waals surface area contributed by atoms with Gasteiger partial charge in [0.1, 0.15) is 5.75 Å². The van der Waals surface area contributed by atoms with E-state index in [0.717, 1.165) is 0 Å². The van der Waals surface area contributed by atoms with Crippen LogP contribution < -0.4 is 15.8 Å². The van der Waals surface area contributed by atoms with Crippen LogP contribution in [-0.2, 0) is 14.3 Å². The molecule has 3 N–H and O–H groups in total. The van der Waals surface area contributed by atoms with Crippen LogP contribution in [0, 0.1) is 0 Å². The van der Waals surface area contributed by atoms with Gasteiger partial charge >= 0.3 is 5.97 Å². The zero-order valence-corrected chi connectivity index (χ0v) is 15.6. The number of hydrogen-bond acceptors (Lipinski definition) is 6. The Bertz CT molecular complexity index is 858. The highest BCUT2D eigenvalue weighted by Crippen LogP contribution is 2.22.